The molecule has 1 fully saturated rings. The van der Waals surface area contributed by atoms with E-state index in [1.165, 1.54) is 16.5 Å². The predicted octanol–water partition coefficient (Wildman–Crippen LogP) is 3.98. The number of amides is 1. The molecule has 4 heterocycles. The van der Waals surface area contributed by atoms with Crippen LogP contribution in [0.2, 0.25) is 0 Å². The highest BCUT2D eigenvalue weighted by molar-refractivity contribution is 7.98. The zero-order valence-electron chi connectivity index (χ0n) is 17.1. The lowest BCUT2D eigenvalue weighted by Crippen LogP contribution is -2.32. The summed E-state index contributed by atoms with van der Waals surface area (Å²) in [5, 5.41) is 6.21. The minimum absolute atomic E-state index is 0.0571. The maximum atomic E-state index is 13.3. The van der Waals surface area contributed by atoms with Gasteiger partial charge in [-0.15, -0.1) is 16.4 Å². The van der Waals surface area contributed by atoms with Crippen molar-refractivity contribution in [3.05, 3.63) is 46.2 Å². The van der Waals surface area contributed by atoms with E-state index in [9.17, 15) is 4.79 Å². The fourth-order valence-corrected chi connectivity index (χ4v) is 5.59. The van der Waals surface area contributed by atoms with Gasteiger partial charge >= 0.3 is 0 Å². The van der Waals surface area contributed by atoms with Crippen LogP contribution in [0.3, 0.4) is 0 Å². The third-order valence-electron chi connectivity index (χ3n) is 5.71. The molecule has 0 unspecified atom stereocenters. The molecule has 4 aromatic rings. The number of fused-ring (bicyclic) bond motifs is 2. The number of carbonyl (C=O) groups excluding carboxylic acids is 1. The highest BCUT2D eigenvalue weighted by Crippen LogP contribution is 2.37. The molecule has 0 aliphatic carbocycles. The summed E-state index contributed by atoms with van der Waals surface area (Å²) in [6.45, 7) is 4.70. The van der Waals surface area contributed by atoms with E-state index in [-0.39, 0.29) is 11.9 Å². The van der Waals surface area contributed by atoms with Crippen LogP contribution in [0.1, 0.15) is 40.8 Å². The number of thioether (sulfide) groups is 1. The average Bonchev–Trinajstić information content (AvgIpc) is 3.47. The highest BCUT2D eigenvalue weighted by Gasteiger charge is 2.32. The van der Waals surface area contributed by atoms with Crippen LogP contribution in [0.15, 0.2) is 29.4 Å². The molecule has 7 nitrogen and oxygen atoms in total. The molecule has 154 valence electrons. The molecule has 1 aromatic carbocycles. The Morgan fingerprint density at radius 3 is 2.87 bits per heavy atom. The Bertz CT molecular complexity index is 1230. The number of thiazole rings is 1. The summed E-state index contributed by atoms with van der Waals surface area (Å²) < 4.78 is 2.92. The van der Waals surface area contributed by atoms with E-state index >= 15 is 0 Å². The van der Waals surface area contributed by atoms with Crippen LogP contribution in [0.4, 0.5) is 0 Å². The normalized spacial score (nSPS) is 16.8. The number of hydrogen-bond acceptors (Lipinski definition) is 7. The first-order chi connectivity index (χ1) is 14.5. The van der Waals surface area contributed by atoms with Crippen LogP contribution in [-0.2, 0) is 11.2 Å². The van der Waals surface area contributed by atoms with E-state index in [4.69, 9.17) is 4.98 Å². The van der Waals surface area contributed by atoms with E-state index in [1.807, 2.05) is 43.2 Å². The Hall–Kier alpha value is -2.52. The molecule has 0 bridgehead atoms. The van der Waals surface area contributed by atoms with Crippen molar-refractivity contribution < 1.29 is 4.79 Å². The molecule has 1 aliphatic rings. The summed E-state index contributed by atoms with van der Waals surface area (Å²) in [6.07, 6.45) is 4.22. The van der Waals surface area contributed by atoms with E-state index < -0.39 is 0 Å². The standard InChI is InChI=1S/C21H22N6OS2/c1-12-14(13(2)27-20(22-12)24-21(25-27)29-3)11-18(28)26-10-6-8-16(26)19-23-15-7-4-5-9-17(15)30-19/h4-5,7,9,16H,6,8,10-11H2,1-3H3/t16-/m1/s1. The molecule has 30 heavy (non-hydrogen) atoms. The summed E-state index contributed by atoms with van der Waals surface area (Å²) in [5.41, 5.74) is 3.70. The number of aromatic nitrogens is 5. The quantitative estimate of drug-likeness (QED) is 0.449. The first-order valence-corrected chi connectivity index (χ1v) is 12.0. The van der Waals surface area contributed by atoms with Gasteiger partial charge in [0.1, 0.15) is 5.01 Å². The monoisotopic (exact) mass is 438 g/mol. The molecule has 0 saturated carbocycles. The van der Waals surface area contributed by atoms with Crippen molar-refractivity contribution in [1.82, 2.24) is 29.5 Å². The second kappa shape index (κ2) is 7.63. The molecule has 1 saturated heterocycles. The van der Waals surface area contributed by atoms with E-state index in [0.29, 0.717) is 17.4 Å². The maximum absolute atomic E-state index is 13.3. The van der Waals surface area contributed by atoms with Gasteiger partial charge in [0.15, 0.2) is 0 Å². The van der Waals surface area contributed by atoms with Crippen molar-refractivity contribution in [3.63, 3.8) is 0 Å². The molecule has 0 spiro atoms. The third-order valence-corrected chi connectivity index (χ3v) is 7.38. The van der Waals surface area contributed by atoms with Crippen molar-refractivity contribution in [1.29, 1.82) is 0 Å². The smallest absolute Gasteiger partial charge is 0.253 e. The number of aryl methyl sites for hydroxylation is 2. The van der Waals surface area contributed by atoms with Crippen LogP contribution in [0.25, 0.3) is 16.0 Å². The third kappa shape index (κ3) is 3.26. The van der Waals surface area contributed by atoms with Crippen molar-refractivity contribution in [2.45, 2.75) is 44.3 Å². The lowest BCUT2D eigenvalue weighted by molar-refractivity contribution is -0.131. The topological polar surface area (TPSA) is 76.3 Å². The zero-order valence-corrected chi connectivity index (χ0v) is 18.8. The second-order valence-corrected chi connectivity index (χ2v) is 9.35. The SMILES string of the molecule is CSc1nc2nc(C)c(CC(=O)N3CCC[C@@H]3c3nc4ccccc4s3)c(C)n2n1. The van der Waals surface area contributed by atoms with E-state index in [1.54, 1.807) is 15.9 Å². The molecule has 1 atom stereocenters. The molecule has 3 aromatic heterocycles. The number of rotatable bonds is 4. The van der Waals surface area contributed by atoms with Crippen LogP contribution in [0.5, 0.6) is 0 Å². The Morgan fingerprint density at radius 2 is 2.07 bits per heavy atom. The van der Waals surface area contributed by atoms with Gasteiger partial charge in [-0.25, -0.2) is 14.5 Å². The highest BCUT2D eigenvalue weighted by atomic mass is 32.2. The first-order valence-electron chi connectivity index (χ1n) is 9.97. The lowest BCUT2D eigenvalue weighted by Gasteiger charge is -2.24. The Morgan fingerprint density at radius 1 is 1.23 bits per heavy atom. The number of para-hydroxylation sites is 1. The summed E-state index contributed by atoms with van der Waals surface area (Å²) in [4.78, 5) is 29.2. The van der Waals surface area contributed by atoms with Gasteiger partial charge in [0.05, 0.1) is 22.7 Å². The van der Waals surface area contributed by atoms with Crippen molar-refractivity contribution in [2.24, 2.45) is 0 Å². The Labute approximate surface area is 182 Å². The van der Waals surface area contributed by atoms with Crippen molar-refractivity contribution >= 4 is 45.0 Å². The van der Waals surface area contributed by atoms with Crippen molar-refractivity contribution in [3.8, 4) is 0 Å². The molecular formula is C21H22N6OS2. The number of likely N-dealkylation sites (tertiary alicyclic amines) is 1. The van der Waals surface area contributed by atoms with Crippen LogP contribution in [0, 0.1) is 13.8 Å². The van der Waals surface area contributed by atoms with Gasteiger partial charge in [-0.3, -0.25) is 4.79 Å². The largest absolute Gasteiger partial charge is 0.333 e. The lowest BCUT2D eigenvalue weighted by atomic mass is 10.1. The van der Waals surface area contributed by atoms with Gasteiger partial charge in [0, 0.05) is 23.5 Å². The van der Waals surface area contributed by atoms with Crippen LogP contribution >= 0.6 is 23.1 Å². The summed E-state index contributed by atoms with van der Waals surface area (Å²) in [5.74, 6) is 0.702. The minimum Gasteiger partial charge on any atom is -0.333 e. The predicted molar refractivity (Wildman–Crippen MR) is 119 cm³/mol. The Balaban J connectivity index is 1.44. The number of benzene rings is 1. The number of hydrogen-bond donors (Lipinski definition) is 0. The molecule has 5 rings (SSSR count). The summed E-state index contributed by atoms with van der Waals surface area (Å²) >= 11 is 3.18. The molecule has 1 aliphatic heterocycles. The molecule has 1 amide bonds. The molecule has 9 heteroatoms. The van der Waals surface area contributed by atoms with E-state index in [0.717, 1.165) is 46.9 Å². The van der Waals surface area contributed by atoms with Gasteiger partial charge in [-0.05, 0) is 45.1 Å². The Kier molecular flexibility index (Phi) is 4.94. The average molecular weight is 439 g/mol. The number of nitrogens with zero attached hydrogens (tertiary/aromatic N) is 6. The van der Waals surface area contributed by atoms with Crippen molar-refractivity contribution in [2.75, 3.05) is 12.8 Å². The van der Waals surface area contributed by atoms with Gasteiger partial charge < -0.3 is 4.90 Å². The first kappa shape index (κ1) is 19.4. The van der Waals surface area contributed by atoms with E-state index in [2.05, 4.69) is 21.1 Å². The van der Waals surface area contributed by atoms with Crippen LogP contribution < -0.4 is 0 Å². The van der Waals surface area contributed by atoms with Gasteiger partial charge in [-0.2, -0.15) is 4.98 Å². The number of carbonyl (C=O) groups is 1. The van der Waals surface area contributed by atoms with Crippen LogP contribution in [-0.4, -0.2) is 48.2 Å². The van der Waals surface area contributed by atoms with Gasteiger partial charge in [0.25, 0.3) is 5.78 Å². The molecule has 0 N–H and O–H groups in total. The summed E-state index contributed by atoms with van der Waals surface area (Å²) in [6, 6.07) is 8.21. The second-order valence-electron chi connectivity index (χ2n) is 7.51. The molecular weight excluding hydrogens is 416 g/mol. The van der Waals surface area contributed by atoms with Gasteiger partial charge in [-0.1, -0.05) is 23.9 Å². The minimum atomic E-state index is 0.0571. The summed E-state index contributed by atoms with van der Waals surface area (Å²) in [7, 11) is 0. The van der Waals surface area contributed by atoms with Gasteiger partial charge in [0.2, 0.25) is 11.1 Å². The zero-order chi connectivity index (χ0) is 20.8. The maximum Gasteiger partial charge on any atom is 0.253 e. The fraction of sp³-hybridized carbons (Fsp3) is 0.381. The fourth-order valence-electron chi connectivity index (χ4n) is 4.14. The molecule has 0 radical (unpaired) electrons.